The smallest absolute Gasteiger partial charge is 0.228 e. The molecule has 0 saturated heterocycles. The summed E-state index contributed by atoms with van der Waals surface area (Å²) >= 11 is 0. The van der Waals surface area contributed by atoms with Crippen molar-refractivity contribution in [1.82, 2.24) is 0 Å². The molecular formula is C10H14N2O. The Bertz CT molecular complexity index is 272. The van der Waals surface area contributed by atoms with Gasteiger partial charge in [0.1, 0.15) is 0 Å². The number of nitrogens with one attached hydrogen (secondary N) is 1. The van der Waals surface area contributed by atoms with Gasteiger partial charge in [0.25, 0.3) is 0 Å². The van der Waals surface area contributed by atoms with E-state index in [0.29, 0.717) is 6.54 Å². The maximum Gasteiger partial charge on any atom is 0.228 e. The van der Waals surface area contributed by atoms with Crippen LogP contribution in [0.5, 0.6) is 0 Å². The van der Waals surface area contributed by atoms with Crippen LogP contribution in [0.25, 0.3) is 0 Å². The number of carbonyl (C=O) groups excluding carboxylic acids is 1. The van der Waals surface area contributed by atoms with Crippen molar-refractivity contribution >= 4 is 11.6 Å². The molecule has 1 atom stereocenters. The molecule has 0 spiro atoms. The lowest BCUT2D eigenvalue weighted by atomic mass is 10.1. The maximum atomic E-state index is 11.4. The Morgan fingerprint density at radius 3 is 2.62 bits per heavy atom. The summed E-state index contributed by atoms with van der Waals surface area (Å²) in [6, 6.07) is 9.36. The van der Waals surface area contributed by atoms with Crippen molar-refractivity contribution in [3.05, 3.63) is 30.3 Å². The molecule has 3 N–H and O–H groups in total. The monoisotopic (exact) mass is 178 g/mol. The molecular weight excluding hydrogens is 164 g/mol. The number of benzene rings is 1. The Hall–Kier alpha value is -1.35. The van der Waals surface area contributed by atoms with Crippen LogP contribution >= 0.6 is 0 Å². The van der Waals surface area contributed by atoms with Crippen molar-refractivity contribution in [2.45, 2.75) is 6.92 Å². The third kappa shape index (κ3) is 2.87. The maximum absolute atomic E-state index is 11.4. The Balaban J connectivity index is 2.55. The van der Waals surface area contributed by atoms with Crippen LogP contribution in [0.3, 0.4) is 0 Å². The van der Waals surface area contributed by atoms with Crippen molar-refractivity contribution in [1.29, 1.82) is 0 Å². The third-order valence-electron chi connectivity index (χ3n) is 1.84. The van der Waals surface area contributed by atoms with Crippen LogP contribution < -0.4 is 11.1 Å². The molecule has 1 amide bonds. The highest BCUT2D eigenvalue weighted by atomic mass is 16.1. The number of hydrogen-bond acceptors (Lipinski definition) is 2. The van der Waals surface area contributed by atoms with Gasteiger partial charge in [-0.3, -0.25) is 4.79 Å². The summed E-state index contributed by atoms with van der Waals surface area (Å²) in [4.78, 5) is 11.4. The predicted molar refractivity (Wildman–Crippen MR) is 53.3 cm³/mol. The van der Waals surface area contributed by atoms with E-state index in [2.05, 4.69) is 5.32 Å². The zero-order valence-electron chi connectivity index (χ0n) is 7.66. The fraction of sp³-hybridized carbons (Fsp3) is 0.300. The van der Waals surface area contributed by atoms with Gasteiger partial charge in [0, 0.05) is 18.2 Å². The first-order chi connectivity index (χ1) is 6.24. The molecule has 1 rings (SSSR count). The molecule has 0 radical (unpaired) electrons. The Morgan fingerprint density at radius 2 is 2.08 bits per heavy atom. The minimum atomic E-state index is -0.139. The average molecular weight is 178 g/mol. The van der Waals surface area contributed by atoms with Crippen molar-refractivity contribution in [2.24, 2.45) is 11.7 Å². The van der Waals surface area contributed by atoms with Crippen LogP contribution in [-0.4, -0.2) is 12.5 Å². The van der Waals surface area contributed by atoms with Gasteiger partial charge in [-0.25, -0.2) is 0 Å². The summed E-state index contributed by atoms with van der Waals surface area (Å²) in [6.07, 6.45) is 0. The topological polar surface area (TPSA) is 55.1 Å². The normalized spacial score (nSPS) is 12.2. The van der Waals surface area contributed by atoms with Crippen LogP contribution in [0.4, 0.5) is 5.69 Å². The van der Waals surface area contributed by atoms with Crippen molar-refractivity contribution in [3.8, 4) is 0 Å². The summed E-state index contributed by atoms with van der Waals surface area (Å²) in [7, 11) is 0. The van der Waals surface area contributed by atoms with Crippen LogP contribution in [0.1, 0.15) is 6.92 Å². The van der Waals surface area contributed by atoms with Crippen LogP contribution in [0.15, 0.2) is 30.3 Å². The Labute approximate surface area is 77.9 Å². The first-order valence-corrected chi connectivity index (χ1v) is 4.30. The lowest BCUT2D eigenvalue weighted by molar-refractivity contribution is -0.119. The van der Waals surface area contributed by atoms with Crippen molar-refractivity contribution in [2.75, 3.05) is 11.9 Å². The second-order valence-corrected chi connectivity index (χ2v) is 2.99. The van der Waals surface area contributed by atoms with E-state index in [9.17, 15) is 4.79 Å². The Kier molecular flexibility index (Phi) is 3.46. The van der Waals surface area contributed by atoms with E-state index >= 15 is 0 Å². The second kappa shape index (κ2) is 4.62. The lowest BCUT2D eigenvalue weighted by Gasteiger charge is -2.09. The minimum absolute atomic E-state index is 0.0336. The molecule has 1 aromatic carbocycles. The molecule has 3 nitrogen and oxygen atoms in total. The van der Waals surface area contributed by atoms with E-state index in [1.54, 1.807) is 6.92 Å². The first-order valence-electron chi connectivity index (χ1n) is 4.30. The van der Waals surface area contributed by atoms with E-state index < -0.39 is 0 Å². The molecule has 1 aromatic rings. The van der Waals surface area contributed by atoms with Gasteiger partial charge in [-0.15, -0.1) is 0 Å². The molecule has 0 aliphatic carbocycles. The zero-order chi connectivity index (χ0) is 9.68. The molecule has 13 heavy (non-hydrogen) atoms. The number of anilines is 1. The highest BCUT2D eigenvalue weighted by Gasteiger charge is 2.09. The van der Waals surface area contributed by atoms with Gasteiger partial charge >= 0.3 is 0 Å². The van der Waals surface area contributed by atoms with Gasteiger partial charge in [0.2, 0.25) is 5.91 Å². The number of hydrogen-bond donors (Lipinski definition) is 2. The van der Waals surface area contributed by atoms with Crippen molar-refractivity contribution in [3.63, 3.8) is 0 Å². The predicted octanol–water partition coefficient (Wildman–Crippen LogP) is 1.22. The Morgan fingerprint density at radius 1 is 1.46 bits per heavy atom. The van der Waals surface area contributed by atoms with E-state index in [1.165, 1.54) is 0 Å². The lowest BCUT2D eigenvalue weighted by Crippen LogP contribution is -2.26. The summed E-state index contributed by atoms with van der Waals surface area (Å²) < 4.78 is 0. The SMILES string of the molecule is C[C@H](CN)C(=O)Nc1ccccc1. The van der Waals surface area contributed by atoms with E-state index in [1.807, 2.05) is 30.3 Å². The van der Waals surface area contributed by atoms with Gasteiger partial charge in [-0.2, -0.15) is 0 Å². The van der Waals surface area contributed by atoms with Gasteiger partial charge in [-0.05, 0) is 12.1 Å². The molecule has 0 unspecified atom stereocenters. The minimum Gasteiger partial charge on any atom is -0.330 e. The standard InChI is InChI=1S/C10H14N2O/c1-8(7-11)10(13)12-9-5-3-2-4-6-9/h2-6,8H,7,11H2,1H3,(H,12,13)/t8-/m1/s1. The van der Waals surface area contributed by atoms with Crippen LogP contribution in [0.2, 0.25) is 0 Å². The molecule has 3 heteroatoms. The van der Waals surface area contributed by atoms with Gasteiger partial charge in [0.05, 0.1) is 0 Å². The molecule has 0 aliphatic rings. The summed E-state index contributed by atoms with van der Waals surface area (Å²) in [5.74, 6) is -0.172. The van der Waals surface area contributed by atoms with Gasteiger partial charge < -0.3 is 11.1 Å². The largest absolute Gasteiger partial charge is 0.330 e. The summed E-state index contributed by atoms with van der Waals surface area (Å²) in [5.41, 5.74) is 6.18. The van der Waals surface area contributed by atoms with Crippen molar-refractivity contribution < 1.29 is 4.79 Å². The van der Waals surface area contributed by atoms with E-state index in [0.717, 1.165) is 5.69 Å². The second-order valence-electron chi connectivity index (χ2n) is 2.99. The van der Waals surface area contributed by atoms with E-state index in [-0.39, 0.29) is 11.8 Å². The molecule has 0 aliphatic heterocycles. The fourth-order valence-corrected chi connectivity index (χ4v) is 0.894. The molecule has 0 saturated carbocycles. The highest BCUT2D eigenvalue weighted by Crippen LogP contribution is 2.06. The number of nitrogens with two attached hydrogens (primary N) is 1. The first kappa shape index (κ1) is 9.74. The number of amides is 1. The average Bonchev–Trinajstić information content (AvgIpc) is 2.18. The summed E-state index contributed by atoms with van der Waals surface area (Å²) in [6.45, 7) is 2.18. The van der Waals surface area contributed by atoms with Crippen LogP contribution in [0, 0.1) is 5.92 Å². The van der Waals surface area contributed by atoms with Gasteiger partial charge in [-0.1, -0.05) is 25.1 Å². The quantitative estimate of drug-likeness (QED) is 0.731. The number of carbonyl (C=O) groups is 1. The molecule has 0 aromatic heterocycles. The fourth-order valence-electron chi connectivity index (χ4n) is 0.894. The molecule has 70 valence electrons. The molecule has 0 bridgehead atoms. The zero-order valence-corrected chi connectivity index (χ0v) is 7.66. The number of para-hydroxylation sites is 1. The van der Waals surface area contributed by atoms with E-state index in [4.69, 9.17) is 5.73 Å². The summed E-state index contributed by atoms with van der Waals surface area (Å²) in [5, 5.41) is 2.77. The molecule has 0 heterocycles. The molecule has 0 fully saturated rings. The highest BCUT2D eigenvalue weighted by molar-refractivity contribution is 5.92. The van der Waals surface area contributed by atoms with Gasteiger partial charge in [0.15, 0.2) is 0 Å². The third-order valence-corrected chi connectivity index (χ3v) is 1.84. The van der Waals surface area contributed by atoms with Crippen LogP contribution in [-0.2, 0) is 4.79 Å². The number of rotatable bonds is 3.